The van der Waals surface area contributed by atoms with Crippen LogP contribution < -0.4 is 4.90 Å². The standard InChI is InChI=1S/C23H19N/c1-24(2)21-12-9-17(10-13-21)7-8-18-11-14-23-20(15-18)16-19-5-3-4-6-22(19)23/h3-6,9-15H,16H2,1-2H3. The lowest BCUT2D eigenvalue weighted by Crippen LogP contribution is -2.07. The Bertz CT molecular complexity index is 953. The van der Waals surface area contributed by atoms with Crippen molar-refractivity contribution in [2.45, 2.75) is 6.42 Å². The number of nitrogens with zero attached hydrogens (tertiary/aromatic N) is 1. The van der Waals surface area contributed by atoms with E-state index in [1.807, 2.05) is 14.1 Å². The predicted octanol–water partition coefficient (Wildman–Crippen LogP) is 4.72. The Hall–Kier alpha value is -2.98. The molecule has 1 aliphatic rings. The zero-order valence-electron chi connectivity index (χ0n) is 14.0. The van der Waals surface area contributed by atoms with E-state index in [1.165, 1.54) is 27.9 Å². The summed E-state index contributed by atoms with van der Waals surface area (Å²) < 4.78 is 0. The molecule has 0 saturated carbocycles. The fraction of sp³-hybridized carbons (Fsp3) is 0.130. The summed E-state index contributed by atoms with van der Waals surface area (Å²) in [7, 11) is 4.09. The van der Waals surface area contributed by atoms with Crippen molar-refractivity contribution in [2.24, 2.45) is 0 Å². The first-order chi connectivity index (χ1) is 11.7. The second-order valence-electron chi connectivity index (χ2n) is 6.40. The zero-order valence-corrected chi connectivity index (χ0v) is 14.0. The summed E-state index contributed by atoms with van der Waals surface area (Å²) >= 11 is 0. The Morgan fingerprint density at radius 3 is 2.17 bits per heavy atom. The molecule has 0 heterocycles. The maximum atomic E-state index is 3.30. The van der Waals surface area contributed by atoms with E-state index in [2.05, 4.69) is 83.5 Å². The Morgan fingerprint density at radius 1 is 0.708 bits per heavy atom. The van der Waals surface area contributed by atoms with Crippen molar-refractivity contribution in [1.29, 1.82) is 0 Å². The largest absolute Gasteiger partial charge is 0.378 e. The molecule has 0 radical (unpaired) electrons. The number of hydrogen-bond acceptors (Lipinski definition) is 1. The minimum atomic E-state index is 1.01. The van der Waals surface area contributed by atoms with Crippen LogP contribution in [0.5, 0.6) is 0 Å². The molecule has 1 aliphatic carbocycles. The first kappa shape index (κ1) is 14.6. The fourth-order valence-electron chi connectivity index (χ4n) is 3.21. The van der Waals surface area contributed by atoms with Crippen LogP contribution in [0.4, 0.5) is 5.69 Å². The molecule has 0 bridgehead atoms. The van der Waals surface area contributed by atoms with Gasteiger partial charge in [-0.05, 0) is 65.1 Å². The maximum absolute atomic E-state index is 3.30. The number of rotatable bonds is 1. The first-order valence-electron chi connectivity index (χ1n) is 8.21. The summed E-state index contributed by atoms with van der Waals surface area (Å²) in [6, 6.07) is 23.6. The van der Waals surface area contributed by atoms with Gasteiger partial charge in [0.25, 0.3) is 0 Å². The summed E-state index contributed by atoms with van der Waals surface area (Å²) in [6.45, 7) is 0. The van der Waals surface area contributed by atoms with Crippen molar-refractivity contribution in [3.8, 4) is 23.0 Å². The van der Waals surface area contributed by atoms with E-state index in [0.29, 0.717) is 0 Å². The van der Waals surface area contributed by atoms with Crippen LogP contribution in [0.2, 0.25) is 0 Å². The maximum Gasteiger partial charge on any atom is 0.0361 e. The summed E-state index contributed by atoms with van der Waals surface area (Å²) in [5, 5.41) is 0. The summed E-state index contributed by atoms with van der Waals surface area (Å²) in [4.78, 5) is 2.09. The normalized spacial score (nSPS) is 11.2. The van der Waals surface area contributed by atoms with Gasteiger partial charge in [-0.25, -0.2) is 0 Å². The molecule has 0 fully saturated rings. The van der Waals surface area contributed by atoms with E-state index in [1.54, 1.807) is 0 Å². The molecule has 116 valence electrons. The molecule has 0 N–H and O–H groups in total. The lowest BCUT2D eigenvalue weighted by atomic mass is 10.0. The van der Waals surface area contributed by atoms with Crippen LogP contribution in [0.25, 0.3) is 11.1 Å². The number of anilines is 1. The molecule has 0 saturated heterocycles. The minimum Gasteiger partial charge on any atom is -0.378 e. The first-order valence-corrected chi connectivity index (χ1v) is 8.21. The Kier molecular flexibility index (Phi) is 3.59. The van der Waals surface area contributed by atoms with Crippen molar-refractivity contribution in [3.05, 3.63) is 89.0 Å². The summed E-state index contributed by atoms with van der Waals surface area (Å²) in [5.74, 6) is 6.57. The third-order valence-electron chi connectivity index (χ3n) is 4.53. The molecule has 1 nitrogen and oxygen atoms in total. The van der Waals surface area contributed by atoms with Crippen LogP contribution in [0.1, 0.15) is 22.3 Å². The molecule has 3 aromatic rings. The van der Waals surface area contributed by atoms with Crippen molar-refractivity contribution in [2.75, 3.05) is 19.0 Å². The number of benzene rings is 3. The van der Waals surface area contributed by atoms with Gasteiger partial charge in [0, 0.05) is 30.9 Å². The highest BCUT2D eigenvalue weighted by Gasteiger charge is 2.17. The molecule has 24 heavy (non-hydrogen) atoms. The van der Waals surface area contributed by atoms with Crippen LogP contribution in [-0.2, 0) is 6.42 Å². The van der Waals surface area contributed by atoms with E-state index in [-0.39, 0.29) is 0 Å². The van der Waals surface area contributed by atoms with Gasteiger partial charge in [0.15, 0.2) is 0 Å². The van der Waals surface area contributed by atoms with Crippen molar-refractivity contribution < 1.29 is 0 Å². The summed E-state index contributed by atoms with van der Waals surface area (Å²) in [5.41, 5.74) is 8.83. The Morgan fingerprint density at radius 2 is 1.38 bits per heavy atom. The molecule has 0 amide bonds. The topological polar surface area (TPSA) is 3.24 Å². The highest BCUT2D eigenvalue weighted by Crippen LogP contribution is 2.36. The zero-order chi connectivity index (χ0) is 16.5. The Labute approximate surface area is 143 Å². The smallest absolute Gasteiger partial charge is 0.0361 e. The van der Waals surface area contributed by atoms with Gasteiger partial charge in [0.05, 0.1) is 0 Å². The minimum absolute atomic E-state index is 1.01. The number of fused-ring (bicyclic) bond motifs is 3. The lowest BCUT2D eigenvalue weighted by molar-refractivity contribution is 1.13. The third kappa shape index (κ3) is 2.68. The molecule has 1 heteroatoms. The molecule has 0 atom stereocenters. The van der Waals surface area contributed by atoms with Crippen LogP contribution >= 0.6 is 0 Å². The predicted molar refractivity (Wildman–Crippen MR) is 101 cm³/mol. The Balaban J connectivity index is 1.60. The quantitative estimate of drug-likeness (QED) is 0.460. The molecular formula is C23H19N. The monoisotopic (exact) mass is 309 g/mol. The highest BCUT2D eigenvalue weighted by atomic mass is 15.1. The SMILES string of the molecule is CN(C)c1ccc(C#Cc2ccc3c(c2)Cc2ccccc2-3)cc1. The highest BCUT2D eigenvalue weighted by molar-refractivity contribution is 5.77. The van der Waals surface area contributed by atoms with Gasteiger partial charge in [0.1, 0.15) is 0 Å². The van der Waals surface area contributed by atoms with Gasteiger partial charge in [-0.1, -0.05) is 42.2 Å². The lowest BCUT2D eigenvalue weighted by Gasteiger charge is -2.11. The van der Waals surface area contributed by atoms with Gasteiger partial charge in [-0.3, -0.25) is 0 Å². The average Bonchev–Trinajstić information content (AvgIpc) is 2.98. The van der Waals surface area contributed by atoms with Crippen LogP contribution in [0.15, 0.2) is 66.7 Å². The van der Waals surface area contributed by atoms with Gasteiger partial charge in [-0.2, -0.15) is 0 Å². The van der Waals surface area contributed by atoms with Crippen LogP contribution in [0, 0.1) is 11.8 Å². The summed E-state index contributed by atoms with van der Waals surface area (Å²) in [6.07, 6.45) is 1.01. The molecule has 0 unspecified atom stereocenters. The molecule has 0 aromatic heterocycles. The second kappa shape index (κ2) is 5.91. The molecule has 4 rings (SSSR count). The van der Waals surface area contributed by atoms with E-state index < -0.39 is 0 Å². The number of hydrogen-bond donors (Lipinski definition) is 0. The van der Waals surface area contributed by atoms with E-state index in [9.17, 15) is 0 Å². The van der Waals surface area contributed by atoms with Gasteiger partial charge < -0.3 is 4.90 Å². The van der Waals surface area contributed by atoms with E-state index >= 15 is 0 Å². The van der Waals surface area contributed by atoms with Gasteiger partial charge in [0.2, 0.25) is 0 Å². The van der Waals surface area contributed by atoms with Crippen molar-refractivity contribution >= 4 is 5.69 Å². The van der Waals surface area contributed by atoms with Crippen molar-refractivity contribution in [1.82, 2.24) is 0 Å². The van der Waals surface area contributed by atoms with Gasteiger partial charge >= 0.3 is 0 Å². The van der Waals surface area contributed by atoms with Crippen LogP contribution in [0.3, 0.4) is 0 Å². The average molecular weight is 309 g/mol. The molecule has 0 aliphatic heterocycles. The molecular weight excluding hydrogens is 290 g/mol. The molecule has 3 aromatic carbocycles. The van der Waals surface area contributed by atoms with E-state index in [0.717, 1.165) is 17.5 Å². The van der Waals surface area contributed by atoms with Crippen LogP contribution in [-0.4, -0.2) is 14.1 Å². The fourth-order valence-corrected chi connectivity index (χ4v) is 3.21. The third-order valence-corrected chi connectivity index (χ3v) is 4.53. The van der Waals surface area contributed by atoms with Crippen molar-refractivity contribution in [3.63, 3.8) is 0 Å². The van der Waals surface area contributed by atoms with Gasteiger partial charge in [-0.15, -0.1) is 0 Å². The molecule has 0 spiro atoms. The second-order valence-corrected chi connectivity index (χ2v) is 6.40. The van der Waals surface area contributed by atoms with E-state index in [4.69, 9.17) is 0 Å².